The van der Waals surface area contributed by atoms with Crippen LogP contribution in [0.1, 0.15) is 42.7 Å². The fourth-order valence-corrected chi connectivity index (χ4v) is 3.28. The van der Waals surface area contributed by atoms with Crippen molar-refractivity contribution in [1.29, 1.82) is 0 Å². The molecule has 0 fully saturated rings. The predicted molar refractivity (Wildman–Crippen MR) is 107 cm³/mol. The highest BCUT2D eigenvalue weighted by atomic mass is 32.1. The molecule has 1 aromatic carbocycles. The number of nitrogens with one attached hydrogen (secondary N) is 2. The Balaban J connectivity index is 1.97. The highest BCUT2D eigenvalue weighted by Crippen LogP contribution is 2.19. The van der Waals surface area contributed by atoms with Crippen molar-refractivity contribution < 1.29 is 4.74 Å². The van der Waals surface area contributed by atoms with Gasteiger partial charge in [-0.15, -0.1) is 11.3 Å². The van der Waals surface area contributed by atoms with Crippen molar-refractivity contribution in [1.82, 2.24) is 10.6 Å². The highest BCUT2D eigenvalue weighted by Gasteiger charge is 2.08. The Labute approximate surface area is 155 Å². The molecular weight excluding hydrogens is 330 g/mol. The minimum Gasteiger partial charge on any atom is -0.377 e. The van der Waals surface area contributed by atoms with Crippen LogP contribution in [0.4, 0.5) is 0 Å². The summed E-state index contributed by atoms with van der Waals surface area (Å²) in [4.78, 5) is 6.14. The summed E-state index contributed by atoms with van der Waals surface area (Å²) in [6, 6.07) is 12.6. The minimum atomic E-state index is 0.467. The topological polar surface area (TPSA) is 45.7 Å². The van der Waals surface area contributed by atoms with Gasteiger partial charge in [0.1, 0.15) is 0 Å². The molecule has 0 spiro atoms. The van der Waals surface area contributed by atoms with Crippen LogP contribution in [0.15, 0.2) is 46.8 Å². The monoisotopic (exact) mass is 359 g/mol. The smallest absolute Gasteiger partial charge is 0.191 e. The predicted octanol–water partition coefficient (Wildman–Crippen LogP) is 4.14. The van der Waals surface area contributed by atoms with E-state index in [0.29, 0.717) is 19.1 Å². The van der Waals surface area contributed by atoms with Crippen LogP contribution in [0.5, 0.6) is 0 Å². The zero-order valence-corrected chi connectivity index (χ0v) is 16.2. The van der Waals surface area contributed by atoms with Crippen molar-refractivity contribution in [2.45, 2.75) is 39.8 Å². The van der Waals surface area contributed by atoms with Crippen LogP contribution in [-0.4, -0.2) is 25.7 Å². The maximum absolute atomic E-state index is 5.56. The van der Waals surface area contributed by atoms with Gasteiger partial charge < -0.3 is 15.4 Å². The summed E-state index contributed by atoms with van der Waals surface area (Å²) in [5.41, 5.74) is 2.41. The molecule has 1 aromatic heterocycles. The second kappa shape index (κ2) is 10.9. The van der Waals surface area contributed by atoms with Crippen molar-refractivity contribution in [3.63, 3.8) is 0 Å². The largest absolute Gasteiger partial charge is 0.377 e. The number of aliphatic imine (C=N–C) groups is 1. The van der Waals surface area contributed by atoms with Crippen LogP contribution in [0.25, 0.3) is 0 Å². The first-order valence-corrected chi connectivity index (χ1v) is 9.82. The van der Waals surface area contributed by atoms with Gasteiger partial charge in [-0.2, -0.15) is 0 Å². The number of benzene rings is 1. The summed E-state index contributed by atoms with van der Waals surface area (Å²) in [7, 11) is 0. The van der Waals surface area contributed by atoms with E-state index in [4.69, 9.17) is 9.73 Å². The lowest BCUT2D eigenvalue weighted by atomic mass is 10.1. The number of thiophene rings is 1. The van der Waals surface area contributed by atoms with Crippen molar-refractivity contribution in [2.24, 2.45) is 4.99 Å². The number of rotatable bonds is 9. The van der Waals surface area contributed by atoms with E-state index in [1.165, 1.54) is 16.0 Å². The Morgan fingerprint density at radius 2 is 1.92 bits per heavy atom. The Bertz CT molecular complexity index is 640. The molecule has 0 amide bonds. The molecule has 1 unspecified atom stereocenters. The fraction of sp³-hybridized carbons (Fsp3) is 0.450. The van der Waals surface area contributed by atoms with Gasteiger partial charge in [-0.25, -0.2) is 4.99 Å². The second-order valence-corrected chi connectivity index (χ2v) is 6.88. The summed E-state index contributed by atoms with van der Waals surface area (Å²) < 4.78 is 5.56. The van der Waals surface area contributed by atoms with Gasteiger partial charge in [-0.1, -0.05) is 37.3 Å². The van der Waals surface area contributed by atoms with E-state index in [-0.39, 0.29) is 0 Å². The lowest BCUT2D eigenvalue weighted by molar-refractivity contribution is 0.133. The molecule has 0 bridgehead atoms. The molecule has 0 saturated carbocycles. The first kappa shape index (κ1) is 19.5. The average Bonchev–Trinajstić information content (AvgIpc) is 3.17. The molecule has 5 heteroatoms. The van der Waals surface area contributed by atoms with Crippen molar-refractivity contribution in [2.75, 3.05) is 19.7 Å². The van der Waals surface area contributed by atoms with E-state index in [9.17, 15) is 0 Å². The lowest BCUT2D eigenvalue weighted by Gasteiger charge is -2.15. The third-order valence-electron chi connectivity index (χ3n) is 3.94. The first-order valence-electron chi connectivity index (χ1n) is 8.94. The van der Waals surface area contributed by atoms with Crippen LogP contribution >= 0.6 is 11.3 Å². The molecule has 2 aromatic rings. The molecule has 0 aliphatic carbocycles. The molecular formula is C20H29N3OS. The highest BCUT2D eigenvalue weighted by molar-refractivity contribution is 7.10. The summed E-state index contributed by atoms with van der Waals surface area (Å²) in [5, 5.41) is 8.91. The first-order chi connectivity index (χ1) is 12.2. The van der Waals surface area contributed by atoms with Crippen LogP contribution in [0.2, 0.25) is 0 Å². The minimum absolute atomic E-state index is 0.467. The van der Waals surface area contributed by atoms with Gasteiger partial charge >= 0.3 is 0 Å². The van der Waals surface area contributed by atoms with Gasteiger partial charge in [0.05, 0.1) is 13.2 Å². The third kappa shape index (κ3) is 6.52. The van der Waals surface area contributed by atoms with Gasteiger partial charge in [0.15, 0.2) is 5.96 Å². The molecule has 136 valence electrons. The Kier molecular flexibility index (Phi) is 8.49. The summed E-state index contributed by atoms with van der Waals surface area (Å²) in [6.45, 7) is 10.1. The molecule has 25 heavy (non-hydrogen) atoms. The standard InChI is InChI=1S/C20H29N3OS/c1-4-21-20(22-13-16(3)19-11-8-12-25-19)23-14-17-9-6-7-10-18(17)15-24-5-2/h6-12,16H,4-5,13-15H2,1-3H3,(H2,21,22,23). The molecule has 0 radical (unpaired) electrons. The van der Waals surface area contributed by atoms with E-state index in [1.807, 2.05) is 13.0 Å². The summed E-state index contributed by atoms with van der Waals surface area (Å²) in [6.07, 6.45) is 0. The number of nitrogens with zero attached hydrogens (tertiary/aromatic N) is 1. The van der Waals surface area contributed by atoms with Gasteiger partial charge in [0, 0.05) is 30.5 Å². The maximum Gasteiger partial charge on any atom is 0.191 e. The quantitative estimate of drug-likeness (QED) is 0.522. The fourth-order valence-electron chi connectivity index (χ4n) is 2.49. The normalized spacial score (nSPS) is 12.8. The zero-order chi connectivity index (χ0) is 17.9. The van der Waals surface area contributed by atoms with Crippen LogP contribution in [-0.2, 0) is 17.9 Å². The van der Waals surface area contributed by atoms with Crippen molar-refractivity contribution in [3.8, 4) is 0 Å². The maximum atomic E-state index is 5.56. The van der Waals surface area contributed by atoms with E-state index in [0.717, 1.165) is 25.7 Å². The van der Waals surface area contributed by atoms with Crippen molar-refractivity contribution in [3.05, 3.63) is 57.8 Å². The van der Waals surface area contributed by atoms with Crippen molar-refractivity contribution >= 4 is 17.3 Å². The SMILES string of the molecule is CCNC(=NCc1ccccc1COCC)NCC(C)c1cccs1. The summed E-state index contributed by atoms with van der Waals surface area (Å²) >= 11 is 1.80. The number of ether oxygens (including phenoxy) is 1. The molecule has 0 saturated heterocycles. The zero-order valence-electron chi connectivity index (χ0n) is 15.4. The number of guanidine groups is 1. The van der Waals surface area contributed by atoms with Gasteiger partial charge in [0.25, 0.3) is 0 Å². The van der Waals surface area contributed by atoms with Gasteiger partial charge in [0.2, 0.25) is 0 Å². The van der Waals surface area contributed by atoms with Gasteiger partial charge in [-0.3, -0.25) is 0 Å². The molecule has 0 aliphatic rings. The Morgan fingerprint density at radius 1 is 1.12 bits per heavy atom. The van der Waals surface area contributed by atoms with Crippen LogP contribution < -0.4 is 10.6 Å². The molecule has 1 atom stereocenters. The van der Waals surface area contributed by atoms with E-state index in [2.05, 4.69) is 60.2 Å². The lowest BCUT2D eigenvalue weighted by Crippen LogP contribution is -2.39. The van der Waals surface area contributed by atoms with Crippen LogP contribution in [0.3, 0.4) is 0 Å². The average molecular weight is 360 g/mol. The van der Waals surface area contributed by atoms with Crippen LogP contribution in [0, 0.1) is 0 Å². The molecule has 4 nitrogen and oxygen atoms in total. The van der Waals surface area contributed by atoms with E-state index in [1.54, 1.807) is 11.3 Å². The molecule has 0 aliphatic heterocycles. The van der Waals surface area contributed by atoms with E-state index >= 15 is 0 Å². The summed E-state index contributed by atoms with van der Waals surface area (Å²) in [5.74, 6) is 1.33. The third-order valence-corrected chi connectivity index (χ3v) is 5.04. The Hall–Kier alpha value is -1.85. The van der Waals surface area contributed by atoms with Gasteiger partial charge in [-0.05, 0) is 36.4 Å². The molecule has 2 rings (SSSR count). The molecule has 2 N–H and O–H groups in total. The Morgan fingerprint density at radius 3 is 2.60 bits per heavy atom. The second-order valence-electron chi connectivity index (χ2n) is 5.90. The van der Waals surface area contributed by atoms with E-state index < -0.39 is 0 Å². The molecule has 1 heterocycles. The number of hydrogen-bond acceptors (Lipinski definition) is 3. The number of hydrogen-bond donors (Lipinski definition) is 2.